The summed E-state index contributed by atoms with van der Waals surface area (Å²) >= 11 is 0. The number of phenolic OH excluding ortho intramolecular Hbond substituents is 1. The molecule has 3 aromatic rings. The minimum absolute atomic E-state index is 0.0722. The maximum atomic E-state index is 14.2. The van der Waals surface area contributed by atoms with Crippen molar-refractivity contribution in [3.8, 4) is 5.75 Å². The van der Waals surface area contributed by atoms with Gasteiger partial charge in [-0.25, -0.2) is 0 Å². The minimum Gasteiger partial charge on any atom is -0.508 e. The highest BCUT2D eigenvalue weighted by Crippen LogP contribution is 2.54. The van der Waals surface area contributed by atoms with Crippen LogP contribution in [0.15, 0.2) is 79.4 Å². The number of aromatic hydroxyl groups is 1. The Morgan fingerprint density at radius 3 is 2.64 bits per heavy atom. The molecule has 1 saturated carbocycles. The van der Waals surface area contributed by atoms with Crippen LogP contribution >= 0.6 is 0 Å². The standard InChI is InChI=1S/C34H42N2O3/c1-5-18-35-19-17-33(29-11-8-12-31(37)21-29)22-30(15-16-34(33,24-35)39-4)36(23-25(2)3)32(38)28-14-13-26-9-6-7-10-27(26)20-28/h5-14,20-21,25,30,37H,1,15-19,22-24H2,2-4H3/t30-,33+,34+/m1/s1. The number of benzene rings is 3. The van der Waals surface area contributed by atoms with E-state index in [-0.39, 0.29) is 23.1 Å². The maximum Gasteiger partial charge on any atom is 0.254 e. The molecule has 0 spiro atoms. The van der Waals surface area contributed by atoms with Gasteiger partial charge in [-0.1, -0.05) is 62.4 Å². The van der Waals surface area contributed by atoms with Crippen LogP contribution in [-0.2, 0) is 10.2 Å². The van der Waals surface area contributed by atoms with Gasteiger partial charge in [0.2, 0.25) is 0 Å². The molecule has 5 heteroatoms. The number of piperidine rings is 1. The average Bonchev–Trinajstić information content (AvgIpc) is 2.95. The van der Waals surface area contributed by atoms with Gasteiger partial charge in [-0.15, -0.1) is 6.58 Å². The summed E-state index contributed by atoms with van der Waals surface area (Å²) in [5, 5.41) is 12.7. The molecule has 0 bridgehead atoms. The van der Waals surface area contributed by atoms with Crippen LogP contribution < -0.4 is 0 Å². The Balaban J connectivity index is 1.54. The summed E-state index contributed by atoms with van der Waals surface area (Å²) in [4.78, 5) is 18.8. The van der Waals surface area contributed by atoms with E-state index in [0.29, 0.717) is 12.5 Å². The molecule has 3 aromatic carbocycles. The van der Waals surface area contributed by atoms with Crippen molar-refractivity contribution in [1.82, 2.24) is 9.80 Å². The van der Waals surface area contributed by atoms with Crippen molar-refractivity contribution in [3.05, 3.63) is 90.5 Å². The Kier molecular flexibility index (Phi) is 7.84. The SMILES string of the molecule is C=CCN1CC[C@@]2(c3cccc(O)c3)C[C@H](N(CC(C)C)C(=O)c3ccc4ccccc4c3)CC[C@]2(OC)C1. The molecule has 0 aromatic heterocycles. The number of hydrogen-bond acceptors (Lipinski definition) is 4. The number of carbonyl (C=O) groups is 1. The second-order valence-electron chi connectivity index (χ2n) is 11.9. The number of rotatable bonds is 8. The zero-order valence-corrected chi connectivity index (χ0v) is 23.6. The molecular weight excluding hydrogens is 484 g/mol. The van der Waals surface area contributed by atoms with Crippen molar-refractivity contribution in [2.24, 2.45) is 5.92 Å². The molecule has 2 aliphatic rings. The van der Waals surface area contributed by atoms with Crippen LogP contribution in [-0.4, -0.2) is 65.7 Å². The van der Waals surface area contributed by atoms with Gasteiger partial charge in [-0.2, -0.15) is 0 Å². The lowest BCUT2D eigenvalue weighted by molar-refractivity contribution is -0.153. The van der Waals surface area contributed by atoms with E-state index < -0.39 is 5.60 Å². The Hall–Kier alpha value is -3.15. The second-order valence-corrected chi connectivity index (χ2v) is 11.9. The Morgan fingerprint density at radius 1 is 1.13 bits per heavy atom. The van der Waals surface area contributed by atoms with Gasteiger partial charge in [0.1, 0.15) is 5.75 Å². The lowest BCUT2D eigenvalue weighted by atomic mass is 9.55. The van der Waals surface area contributed by atoms with Crippen molar-refractivity contribution in [1.29, 1.82) is 0 Å². The highest BCUT2D eigenvalue weighted by atomic mass is 16.5. The highest BCUT2D eigenvalue weighted by Gasteiger charge is 2.59. The third-order valence-electron chi connectivity index (χ3n) is 9.11. The first-order valence-electron chi connectivity index (χ1n) is 14.3. The van der Waals surface area contributed by atoms with Gasteiger partial charge in [0.05, 0.1) is 5.60 Å². The summed E-state index contributed by atoms with van der Waals surface area (Å²) in [6.45, 7) is 11.6. The van der Waals surface area contributed by atoms with Crippen LogP contribution in [0.25, 0.3) is 10.8 Å². The van der Waals surface area contributed by atoms with E-state index in [4.69, 9.17) is 4.74 Å². The molecule has 1 heterocycles. The largest absolute Gasteiger partial charge is 0.508 e. The van der Waals surface area contributed by atoms with E-state index in [2.05, 4.69) is 54.5 Å². The number of hydrogen-bond donors (Lipinski definition) is 1. The van der Waals surface area contributed by atoms with Gasteiger partial charge in [0, 0.05) is 43.8 Å². The van der Waals surface area contributed by atoms with Crippen molar-refractivity contribution >= 4 is 16.7 Å². The molecule has 5 rings (SSSR count). The summed E-state index contributed by atoms with van der Waals surface area (Å²) in [5.74, 6) is 0.711. The monoisotopic (exact) mass is 526 g/mol. The number of amides is 1. The highest BCUT2D eigenvalue weighted by molar-refractivity contribution is 5.98. The Labute approximate surface area is 233 Å². The zero-order chi connectivity index (χ0) is 27.6. The molecule has 0 unspecified atom stereocenters. The van der Waals surface area contributed by atoms with Crippen LogP contribution in [0.3, 0.4) is 0 Å². The van der Waals surface area contributed by atoms with Gasteiger partial charge >= 0.3 is 0 Å². The number of phenols is 1. The molecule has 1 N–H and O–H groups in total. The van der Waals surface area contributed by atoms with Crippen LogP contribution in [0.2, 0.25) is 0 Å². The minimum atomic E-state index is -0.409. The van der Waals surface area contributed by atoms with Gasteiger partial charge in [-0.05, 0) is 78.7 Å². The molecule has 5 nitrogen and oxygen atoms in total. The Bertz CT molecular complexity index is 1340. The van der Waals surface area contributed by atoms with Gasteiger partial charge in [0.25, 0.3) is 5.91 Å². The van der Waals surface area contributed by atoms with E-state index in [9.17, 15) is 9.90 Å². The summed E-state index contributed by atoms with van der Waals surface area (Å²) < 4.78 is 6.50. The summed E-state index contributed by atoms with van der Waals surface area (Å²) in [6.07, 6.45) is 5.38. The van der Waals surface area contributed by atoms with Gasteiger partial charge in [0.15, 0.2) is 0 Å². The first-order chi connectivity index (χ1) is 18.8. The Morgan fingerprint density at radius 2 is 1.92 bits per heavy atom. The molecule has 206 valence electrons. The molecule has 2 fully saturated rings. The van der Waals surface area contributed by atoms with Crippen LogP contribution in [0, 0.1) is 5.92 Å². The fourth-order valence-electron chi connectivity index (χ4n) is 7.25. The fraction of sp³-hybridized carbons (Fsp3) is 0.441. The number of fused-ring (bicyclic) bond motifs is 2. The maximum absolute atomic E-state index is 14.2. The number of nitrogens with zero attached hydrogens (tertiary/aromatic N) is 2. The number of ether oxygens (including phenoxy) is 1. The molecular formula is C34H42N2O3. The normalized spacial score (nSPS) is 25.4. The third kappa shape index (κ3) is 5.10. The zero-order valence-electron chi connectivity index (χ0n) is 23.6. The quantitative estimate of drug-likeness (QED) is 0.345. The van der Waals surface area contributed by atoms with Gasteiger partial charge in [-0.3, -0.25) is 9.69 Å². The summed E-state index contributed by atoms with van der Waals surface area (Å²) in [7, 11) is 1.83. The summed E-state index contributed by atoms with van der Waals surface area (Å²) in [6, 6.07) is 22.0. The molecule has 1 amide bonds. The van der Waals surface area contributed by atoms with Crippen LogP contribution in [0.1, 0.15) is 55.5 Å². The molecule has 39 heavy (non-hydrogen) atoms. The molecule has 3 atom stereocenters. The molecule has 1 saturated heterocycles. The van der Waals surface area contributed by atoms with Crippen molar-refractivity contribution in [2.45, 2.75) is 56.6 Å². The lowest BCUT2D eigenvalue weighted by Crippen LogP contribution is -2.68. The summed E-state index contributed by atoms with van der Waals surface area (Å²) in [5.41, 5.74) is 1.12. The molecule has 0 radical (unpaired) electrons. The van der Waals surface area contributed by atoms with Crippen molar-refractivity contribution in [2.75, 3.05) is 33.3 Å². The second kappa shape index (κ2) is 11.1. The molecule has 1 aliphatic heterocycles. The number of carbonyl (C=O) groups excluding carboxylic acids is 1. The number of methoxy groups -OCH3 is 1. The van der Waals surface area contributed by atoms with Crippen LogP contribution in [0.4, 0.5) is 0 Å². The van der Waals surface area contributed by atoms with E-state index in [1.54, 1.807) is 6.07 Å². The first-order valence-corrected chi connectivity index (χ1v) is 14.3. The lowest BCUT2D eigenvalue weighted by Gasteiger charge is -2.60. The topological polar surface area (TPSA) is 53.0 Å². The van der Waals surface area contributed by atoms with E-state index in [0.717, 1.165) is 67.2 Å². The third-order valence-corrected chi connectivity index (χ3v) is 9.11. The van der Waals surface area contributed by atoms with Crippen molar-refractivity contribution < 1.29 is 14.6 Å². The first kappa shape index (κ1) is 27.4. The smallest absolute Gasteiger partial charge is 0.254 e. The fourth-order valence-corrected chi connectivity index (χ4v) is 7.25. The predicted molar refractivity (Wildman–Crippen MR) is 158 cm³/mol. The van der Waals surface area contributed by atoms with Crippen molar-refractivity contribution in [3.63, 3.8) is 0 Å². The van der Waals surface area contributed by atoms with E-state index in [1.807, 2.05) is 49.6 Å². The predicted octanol–water partition coefficient (Wildman–Crippen LogP) is 6.41. The number of likely N-dealkylation sites (tertiary alicyclic amines) is 1. The van der Waals surface area contributed by atoms with E-state index >= 15 is 0 Å². The van der Waals surface area contributed by atoms with Crippen LogP contribution in [0.5, 0.6) is 5.75 Å². The average molecular weight is 527 g/mol. The molecule has 1 aliphatic carbocycles. The van der Waals surface area contributed by atoms with E-state index in [1.165, 1.54) is 0 Å². The van der Waals surface area contributed by atoms with Gasteiger partial charge < -0.3 is 14.7 Å².